The highest BCUT2D eigenvalue weighted by Gasteiger charge is 2.03. The lowest BCUT2D eigenvalue weighted by Crippen LogP contribution is -2.22. The molecular formula is C10H8BrN2O2S-. The monoisotopic (exact) mass is 299 g/mol. The zero-order chi connectivity index (χ0) is 11.5. The maximum Gasteiger partial charge on any atom is 0.166 e. The zero-order valence-corrected chi connectivity index (χ0v) is 10.6. The molecule has 0 radical (unpaired) electrons. The summed E-state index contributed by atoms with van der Waals surface area (Å²) in [5, 5.41) is 11.0. The number of nitrogens with zero attached hydrogens (tertiary/aromatic N) is 1. The number of halogens is 1. The van der Waals surface area contributed by atoms with Crippen molar-refractivity contribution in [3.8, 4) is 0 Å². The van der Waals surface area contributed by atoms with Gasteiger partial charge in [-0.1, -0.05) is 27.7 Å². The van der Waals surface area contributed by atoms with Crippen LogP contribution in [0.5, 0.6) is 0 Å². The van der Waals surface area contributed by atoms with Crippen molar-refractivity contribution in [3.05, 3.63) is 22.7 Å². The Kier molecular flexibility index (Phi) is 3.50. The van der Waals surface area contributed by atoms with E-state index in [0.29, 0.717) is 5.75 Å². The number of carboxylic acid groups (broad SMARTS) is 1. The molecule has 0 bridgehead atoms. The fourth-order valence-corrected chi connectivity index (χ4v) is 2.43. The molecule has 84 valence electrons. The number of fused-ring (bicyclic) bond motifs is 1. The highest BCUT2D eigenvalue weighted by molar-refractivity contribution is 9.10. The smallest absolute Gasteiger partial charge is 0.166 e. The molecule has 0 saturated carbocycles. The summed E-state index contributed by atoms with van der Waals surface area (Å²) in [5.74, 6) is -0.574. The van der Waals surface area contributed by atoms with Crippen molar-refractivity contribution < 1.29 is 9.90 Å². The van der Waals surface area contributed by atoms with Crippen LogP contribution in [-0.2, 0) is 4.79 Å². The van der Waals surface area contributed by atoms with Crippen LogP contribution in [0.15, 0.2) is 27.8 Å². The average Bonchev–Trinajstić information content (AvgIpc) is 2.58. The van der Waals surface area contributed by atoms with Gasteiger partial charge in [-0.05, 0) is 24.6 Å². The lowest BCUT2D eigenvalue weighted by atomic mass is 10.3. The van der Waals surface area contributed by atoms with Crippen molar-refractivity contribution in [1.82, 2.24) is 9.97 Å². The molecule has 0 amide bonds. The van der Waals surface area contributed by atoms with Crippen LogP contribution in [0.4, 0.5) is 0 Å². The Balaban J connectivity index is 2.10. The summed E-state index contributed by atoms with van der Waals surface area (Å²) in [5.41, 5.74) is 1.81. The number of carboxylic acids is 1. The third kappa shape index (κ3) is 2.76. The number of carbonyl (C=O) groups is 1. The highest BCUT2D eigenvalue weighted by atomic mass is 79.9. The van der Waals surface area contributed by atoms with Gasteiger partial charge < -0.3 is 14.9 Å². The summed E-state index contributed by atoms with van der Waals surface area (Å²) in [7, 11) is 0. The van der Waals surface area contributed by atoms with Crippen LogP contribution in [0, 0.1) is 0 Å². The van der Waals surface area contributed by atoms with Crippen LogP contribution in [0.3, 0.4) is 0 Å². The van der Waals surface area contributed by atoms with Crippen molar-refractivity contribution in [1.29, 1.82) is 0 Å². The number of imidazole rings is 1. The van der Waals surface area contributed by atoms with Gasteiger partial charge in [0.05, 0.1) is 11.0 Å². The largest absolute Gasteiger partial charge is 0.550 e. The first kappa shape index (κ1) is 11.5. The molecule has 4 nitrogen and oxygen atoms in total. The number of aliphatic carboxylic acids is 1. The van der Waals surface area contributed by atoms with E-state index >= 15 is 0 Å². The van der Waals surface area contributed by atoms with Crippen LogP contribution in [-0.4, -0.2) is 21.7 Å². The van der Waals surface area contributed by atoms with E-state index < -0.39 is 5.97 Å². The topological polar surface area (TPSA) is 68.8 Å². The molecule has 0 fully saturated rings. The molecule has 16 heavy (non-hydrogen) atoms. The molecule has 1 heterocycles. The minimum atomic E-state index is -1.04. The average molecular weight is 300 g/mol. The second-order valence-corrected chi connectivity index (χ2v) is 5.17. The van der Waals surface area contributed by atoms with Gasteiger partial charge in [-0.2, -0.15) is 0 Å². The fourth-order valence-electron chi connectivity index (χ4n) is 1.26. The van der Waals surface area contributed by atoms with E-state index in [1.54, 1.807) is 0 Å². The van der Waals surface area contributed by atoms with Gasteiger partial charge in [0, 0.05) is 16.2 Å². The molecule has 0 saturated heterocycles. The van der Waals surface area contributed by atoms with Crippen molar-refractivity contribution in [3.63, 3.8) is 0 Å². The van der Waals surface area contributed by atoms with Crippen LogP contribution >= 0.6 is 27.7 Å². The number of benzene rings is 1. The van der Waals surface area contributed by atoms with Gasteiger partial charge in [0.15, 0.2) is 5.16 Å². The van der Waals surface area contributed by atoms with Gasteiger partial charge in [-0.3, -0.25) is 0 Å². The van der Waals surface area contributed by atoms with Gasteiger partial charge >= 0.3 is 0 Å². The third-order valence-electron chi connectivity index (χ3n) is 1.97. The van der Waals surface area contributed by atoms with Crippen LogP contribution in [0.1, 0.15) is 6.42 Å². The standard InChI is InChI=1S/C10H9BrN2O2S/c11-6-1-2-7-8(5-6)13-10(12-7)16-4-3-9(14)15/h1-2,5H,3-4H2,(H,12,13)(H,14,15)/p-1. The lowest BCUT2D eigenvalue weighted by Gasteiger charge is -1.98. The van der Waals surface area contributed by atoms with E-state index in [2.05, 4.69) is 25.9 Å². The second kappa shape index (κ2) is 4.88. The van der Waals surface area contributed by atoms with Gasteiger partial charge in [0.1, 0.15) is 0 Å². The van der Waals surface area contributed by atoms with Crippen LogP contribution in [0.25, 0.3) is 11.0 Å². The number of rotatable bonds is 4. The number of hydrogen-bond acceptors (Lipinski definition) is 4. The molecule has 0 aliphatic carbocycles. The van der Waals surface area contributed by atoms with Gasteiger partial charge in [0.25, 0.3) is 0 Å². The number of hydrogen-bond donors (Lipinski definition) is 1. The van der Waals surface area contributed by atoms with Crippen molar-refractivity contribution in [2.45, 2.75) is 11.6 Å². The second-order valence-electron chi connectivity index (χ2n) is 3.17. The Morgan fingerprint density at radius 1 is 1.56 bits per heavy atom. The maximum atomic E-state index is 10.2. The molecule has 2 aromatic rings. The molecule has 0 unspecified atom stereocenters. The molecule has 1 aromatic carbocycles. The third-order valence-corrected chi connectivity index (χ3v) is 3.34. The normalized spacial score (nSPS) is 10.8. The summed E-state index contributed by atoms with van der Waals surface area (Å²) in [6.07, 6.45) is 0.0331. The van der Waals surface area contributed by atoms with Crippen LogP contribution in [0.2, 0.25) is 0 Å². The number of nitrogens with one attached hydrogen (secondary N) is 1. The number of thioether (sulfide) groups is 1. The molecular weight excluding hydrogens is 292 g/mol. The Morgan fingerprint density at radius 3 is 3.12 bits per heavy atom. The van der Waals surface area contributed by atoms with E-state index in [-0.39, 0.29) is 6.42 Å². The van der Waals surface area contributed by atoms with E-state index in [1.807, 2.05) is 18.2 Å². The van der Waals surface area contributed by atoms with Crippen molar-refractivity contribution in [2.75, 3.05) is 5.75 Å². The van der Waals surface area contributed by atoms with E-state index in [4.69, 9.17) is 0 Å². The molecule has 0 atom stereocenters. The summed E-state index contributed by atoms with van der Waals surface area (Å²) in [6.45, 7) is 0. The molecule has 0 aliphatic rings. The van der Waals surface area contributed by atoms with E-state index in [1.165, 1.54) is 11.8 Å². The summed E-state index contributed by atoms with van der Waals surface area (Å²) in [4.78, 5) is 17.7. The molecule has 0 aliphatic heterocycles. The van der Waals surface area contributed by atoms with Crippen molar-refractivity contribution >= 4 is 44.7 Å². The van der Waals surface area contributed by atoms with Crippen molar-refractivity contribution in [2.24, 2.45) is 0 Å². The first-order chi connectivity index (χ1) is 7.65. The zero-order valence-electron chi connectivity index (χ0n) is 8.20. The van der Waals surface area contributed by atoms with Crippen LogP contribution < -0.4 is 5.11 Å². The Bertz CT molecular complexity index is 527. The summed E-state index contributed by atoms with van der Waals surface area (Å²) in [6, 6.07) is 5.75. The highest BCUT2D eigenvalue weighted by Crippen LogP contribution is 2.22. The Hall–Kier alpha value is -1.01. The number of aromatic nitrogens is 2. The lowest BCUT2D eigenvalue weighted by molar-refractivity contribution is -0.305. The van der Waals surface area contributed by atoms with Gasteiger partial charge in [-0.15, -0.1) is 0 Å². The molecule has 6 heteroatoms. The minimum Gasteiger partial charge on any atom is -0.550 e. The minimum absolute atomic E-state index is 0.0331. The Morgan fingerprint density at radius 2 is 2.38 bits per heavy atom. The predicted molar refractivity (Wildman–Crippen MR) is 64.1 cm³/mol. The van der Waals surface area contributed by atoms with E-state index in [9.17, 15) is 9.90 Å². The molecule has 0 spiro atoms. The molecule has 2 rings (SSSR count). The number of H-pyrrole nitrogens is 1. The maximum absolute atomic E-state index is 10.2. The molecule has 1 aromatic heterocycles. The fraction of sp³-hybridized carbons (Fsp3) is 0.200. The van der Waals surface area contributed by atoms with Gasteiger partial charge in [-0.25, -0.2) is 4.98 Å². The first-order valence-electron chi connectivity index (χ1n) is 4.63. The summed E-state index contributed by atoms with van der Waals surface area (Å²) < 4.78 is 0.981. The quantitative estimate of drug-likeness (QED) is 0.870. The first-order valence-corrected chi connectivity index (χ1v) is 6.41. The SMILES string of the molecule is O=C([O-])CCSc1nc2ccc(Br)cc2[nH]1. The Labute approximate surface area is 105 Å². The number of aromatic amines is 1. The van der Waals surface area contributed by atoms with E-state index in [0.717, 1.165) is 20.7 Å². The number of carbonyl (C=O) groups excluding carboxylic acids is 1. The predicted octanol–water partition coefficient (Wildman–Crippen LogP) is 1.56. The van der Waals surface area contributed by atoms with Gasteiger partial charge in [0.2, 0.25) is 0 Å². The summed E-state index contributed by atoms with van der Waals surface area (Å²) >= 11 is 4.75. The molecule has 1 N–H and O–H groups in total.